The van der Waals surface area contributed by atoms with Crippen molar-refractivity contribution < 1.29 is 18.0 Å². The van der Waals surface area contributed by atoms with E-state index in [1.54, 1.807) is 48.2 Å². The molecule has 7 nitrogen and oxygen atoms in total. The van der Waals surface area contributed by atoms with Gasteiger partial charge in [-0.15, -0.1) is 0 Å². The first-order valence-electron chi connectivity index (χ1n) is 15.7. The molecule has 0 aliphatic heterocycles. The Kier molecular flexibility index (Phi) is 10.8. The summed E-state index contributed by atoms with van der Waals surface area (Å²) in [6.07, 6.45) is 4.16. The second-order valence-corrected chi connectivity index (χ2v) is 14.1. The van der Waals surface area contributed by atoms with Crippen LogP contribution in [-0.4, -0.2) is 43.8 Å². The summed E-state index contributed by atoms with van der Waals surface area (Å²) in [5.74, 6) is -0.737. The first-order valence-corrected chi connectivity index (χ1v) is 17.5. The van der Waals surface area contributed by atoms with Crippen LogP contribution in [-0.2, 0) is 32.6 Å². The van der Waals surface area contributed by atoms with E-state index in [9.17, 15) is 18.0 Å². The number of aryl methyl sites for hydroxylation is 1. The lowest BCUT2D eigenvalue weighted by Gasteiger charge is -2.35. The Labute approximate surface area is 277 Å². The van der Waals surface area contributed by atoms with Crippen molar-refractivity contribution in [1.29, 1.82) is 0 Å². The number of halogens is 1. The normalized spacial score (nSPS) is 14.1. The van der Waals surface area contributed by atoms with Gasteiger partial charge in [0.05, 0.1) is 10.6 Å². The molecule has 4 aromatic carbocycles. The second kappa shape index (κ2) is 15.0. The molecule has 1 aliphatic carbocycles. The highest BCUT2D eigenvalue weighted by Gasteiger charge is 2.36. The zero-order valence-electron chi connectivity index (χ0n) is 26.2. The molecule has 1 atom stereocenters. The molecular formula is C37H40ClN3O4S. The first kappa shape index (κ1) is 33.2. The zero-order chi connectivity index (χ0) is 32.7. The summed E-state index contributed by atoms with van der Waals surface area (Å²) in [5, 5.41) is 3.59. The maximum absolute atomic E-state index is 14.7. The van der Waals surface area contributed by atoms with Gasteiger partial charge in [0, 0.05) is 24.0 Å². The number of nitrogens with zero attached hydrogens (tertiary/aromatic N) is 2. The fourth-order valence-electron chi connectivity index (χ4n) is 5.99. The molecule has 0 heterocycles. The van der Waals surface area contributed by atoms with Crippen molar-refractivity contribution in [3.05, 3.63) is 130 Å². The summed E-state index contributed by atoms with van der Waals surface area (Å²) in [5.41, 5.74) is 3.57. The SMILES string of the molecule is Cc1ccccc1CN(C(=O)CN(c1cccc(Cl)c1C)S(=O)(=O)c1ccccc1)C(Cc1ccccc1)C(=O)NC1CCCC1. The Balaban J connectivity index is 1.59. The van der Waals surface area contributed by atoms with Crippen molar-refractivity contribution in [2.45, 2.75) is 69.5 Å². The van der Waals surface area contributed by atoms with E-state index < -0.39 is 28.5 Å². The van der Waals surface area contributed by atoms with Gasteiger partial charge < -0.3 is 10.2 Å². The van der Waals surface area contributed by atoms with E-state index in [-0.39, 0.29) is 29.8 Å². The zero-order valence-corrected chi connectivity index (χ0v) is 27.8. The van der Waals surface area contributed by atoms with Crippen LogP contribution in [0.3, 0.4) is 0 Å². The fraction of sp³-hybridized carbons (Fsp3) is 0.297. The molecule has 240 valence electrons. The Morgan fingerprint density at radius 1 is 0.848 bits per heavy atom. The van der Waals surface area contributed by atoms with E-state index in [1.165, 1.54) is 12.1 Å². The average Bonchev–Trinajstić information content (AvgIpc) is 3.57. The molecule has 1 aliphatic rings. The van der Waals surface area contributed by atoms with E-state index >= 15 is 0 Å². The molecule has 0 aromatic heterocycles. The molecular weight excluding hydrogens is 618 g/mol. The van der Waals surface area contributed by atoms with Gasteiger partial charge in [0.25, 0.3) is 10.0 Å². The van der Waals surface area contributed by atoms with Crippen LogP contribution in [0.5, 0.6) is 0 Å². The molecule has 0 radical (unpaired) electrons. The number of hydrogen-bond donors (Lipinski definition) is 1. The number of sulfonamides is 1. The van der Waals surface area contributed by atoms with E-state index in [4.69, 9.17) is 11.6 Å². The van der Waals surface area contributed by atoms with Gasteiger partial charge >= 0.3 is 0 Å². The van der Waals surface area contributed by atoms with Crippen LogP contribution in [0, 0.1) is 13.8 Å². The van der Waals surface area contributed by atoms with Crippen molar-refractivity contribution in [2.24, 2.45) is 0 Å². The van der Waals surface area contributed by atoms with Gasteiger partial charge in [-0.3, -0.25) is 13.9 Å². The third-order valence-corrected chi connectivity index (χ3v) is 10.9. The minimum atomic E-state index is -4.20. The average molecular weight is 658 g/mol. The van der Waals surface area contributed by atoms with Gasteiger partial charge in [-0.25, -0.2) is 8.42 Å². The molecule has 0 saturated heterocycles. The molecule has 4 aromatic rings. The predicted molar refractivity (Wildman–Crippen MR) is 183 cm³/mol. The molecule has 5 rings (SSSR count). The van der Waals surface area contributed by atoms with E-state index in [0.29, 0.717) is 16.3 Å². The summed E-state index contributed by atoms with van der Waals surface area (Å²) in [6.45, 7) is 3.30. The fourth-order valence-corrected chi connectivity index (χ4v) is 7.65. The molecule has 2 amide bonds. The Bertz CT molecular complexity index is 1760. The molecule has 0 bridgehead atoms. The van der Waals surface area contributed by atoms with Gasteiger partial charge in [-0.05, 0) is 73.2 Å². The van der Waals surface area contributed by atoms with Crippen molar-refractivity contribution in [1.82, 2.24) is 10.2 Å². The number of carbonyl (C=O) groups is 2. The lowest BCUT2D eigenvalue weighted by Crippen LogP contribution is -2.54. The van der Waals surface area contributed by atoms with Crippen LogP contribution in [0.15, 0.2) is 108 Å². The van der Waals surface area contributed by atoms with Crippen molar-refractivity contribution in [2.75, 3.05) is 10.8 Å². The number of nitrogens with one attached hydrogen (secondary N) is 1. The van der Waals surface area contributed by atoms with Gasteiger partial charge in [0.15, 0.2) is 0 Å². The molecule has 0 spiro atoms. The molecule has 1 fully saturated rings. The van der Waals surface area contributed by atoms with Gasteiger partial charge in [-0.1, -0.05) is 103 Å². The number of amides is 2. The molecule has 9 heteroatoms. The minimum Gasteiger partial charge on any atom is -0.352 e. The minimum absolute atomic E-state index is 0.0465. The van der Waals surface area contributed by atoms with Gasteiger partial charge in [0.1, 0.15) is 12.6 Å². The van der Waals surface area contributed by atoms with Crippen molar-refractivity contribution >= 4 is 39.1 Å². The van der Waals surface area contributed by atoms with Crippen LogP contribution < -0.4 is 9.62 Å². The van der Waals surface area contributed by atoms with E-state index in [2.05, 4.69) is 5.32 Å². The standard InChI is InChI=1S/C37H40ClN3O4S/c1-27-14-9-10-17-30(27)25-40(35(24-29-15-5-3-6-16-29)37(43)39-31-18-11-12-19-31)36(42)26-41(34-23-13-22-33(38)28(34)2)46(44,45)32-20-7-4-8-21-32/h3-10,13-17,20-23,31,35H,11-12,18-19,24-26H2,1-2H3,(H,39,43). The Morgan fingerprint density at radius 3 is 2.15 bits per heavy atom. The Morgan fingerprint density at radius 2 is 1.48 bits per heavy atom. The molecule has 1 N–H and O–H groups in total. The van der Waals surface area contributed by atoms with Crippen LogP contribution in [0.25, 0.3) is 0 Å². The van der Waals surface area contributed by atoms with Crippen LogP contribution in [0.2, 0.25) is 5.02 Å². The lowest BCUT2D eigenvalue weighted by molar-refractivity contribution is -0.140. The summed E-state index contributed by atoms with van der Waals surface area (Å²) in [4.78, 5) is 30.4. The summed E-state index contributed by atoms with van der Waals surface area (Å²) in [7, 11) is -4.20. The maximum atomic E-state index is 14.7. The second-order valence-electron chi connectivity index (χ2n) is 11.9. The third kappa shape index (κ3) is 7.80. The van der Waals surface area contributed by atoms with Gasteiger partial charge in [-0.2, -0.15) is 0 Å². The number of benzene rings is 4. The number of rotatable bonds is 12. The lowest BCUT2D eigenvalue weighted by atomic mass is 10.0. The smallest absolute Gasteiger partial charge is 0.264 e. The number of carbonyl (C=O) groups excluding carboxylic acids is 2. The van der Waals surface area contributed by atoms with Crippen LogP contribution in [0.4, 0.5) is 5.69 Å². The van der Waals surface area contributed by atoms with Crippen molar-refractivity contribution in [3.63, 3.8) is 0 Å². The highest BCUT2D eigenvalue weighted by molar-refractivity contribution is 7.92. The monoisotopic (exact) mass is 657 g/mol. The molecule has 1 unspecified atom stereocenters. The quantitative estimate of drug-likeness (QED) is 0.181. The topological polar surface area (TPSA) is 86.8 Å². The summed E-state index contributed by atoms with van der Waals surface area (Å²) < 4.78 is 29.6. The van der Waals surface area contributed by atoms with Crippen LogP contribution >= 0.6 is 11.6 Å². The van der Waals surface area contributed by atoms with E-state index in [1.807, 2.05) is 61.5 Å². The summed E-state index contributed by atoms with van der Waals surface area (Å²) in [6, 6.07) is 29.5. The predicted octanol–water partition coefficient (Wildman–Crippen LogP) is 6.85. The number of hydrogen-bond acceptors (Lipinski definition) is 4. The first-order chi connectivity index (χ1) is 22.1. The highest BCUT2D eigenvalue weighted by Crippen LogP contribution is 2.31. The molecule has 1 saturated carbocycles. The van der Waals surface area contributed by atoms with Crippen LogP contribution in [0.1, 0.15) is 47.9 Å². The third-order valence-electron chi connectivity index (χ3n) is 8.69. The van der Waals surface area contributed by atoms with Gasteiger partial charge in [0.2, 0.25) is 11.8 Å². The number of anilines is 1. The maximum Gasteiger partial charge on any atom is 0.264 e. The largest absolute Gasteiger partial charge is 0.352 e. The summed E-state index contributed by atoms with van der Waals surface area (Å²) >= 11 is 6.47. The molecule has 46 heavy (non-hydrogen) atoms. The highest BCUT2D eigenvalue weighted by atomic mass is 35.5. The van der Waals surface area contributed by atoms with Crippen molar-refractivity contribution in [3.8, 4) is 0 Å². The Hall–Kier alpha value is -4.14. The van der Waals surface area contributed by atoms with E-state index in [0.717, 1.165) is 46.7 Å².